The van der Waals surface area contributed by atoms with E-state index in [-0.39, 0.29) is 5.56 Å². The molecule has 1 heterocycles. The van der Waals surface area contributed by atoms with E-state index in [0.717, 1.165) is 36.3 Å². The maximum Gasteiger partial charge on any atom is 0.268 e. The summed E-state index contributed by atoms with van der Waals surface area (Å²) in [6.45, 7) is 12.3. The normalized spacial score (nSPS) is 11.6. The summed E-state index contributed by atoms with van der Waals surface area (Å²) in [4.78, 5) is 14.7. The van der Waals surface area contributed by atoms with Gasteiger partial charge in [-0.15, -0.1) is 0 Å². The van der Waals surface area contributed by atoms with Gasteiger partial charge in [-0.05, 0) is 50.2 Å². The monoisotopic (exact) mass is 278 g/mol. The van der Waals surface area contributed by atoms with E-state index in [1.54, 1.807) is 11.5 Å². The van der Waals surface area contributed by atoms with E-state index >= 15 is 0 Å². The molecule has 0 spiro atoms. The van der Waals surface area contributed by atoms with E-state index in [1.165, 1.54) is 11.1 Å². The standard InChI is InChI=1S/C15H22N2OS/c1-5-16(6-2)7-8-17-15(18)13-9-11(3)12(4)10-14(13)19-17/h9-10H,5-8H2,1-4H3. The minimum Gasteiger partial charge on any atom is -0.302 e. The van der Waals surface area contributed by atoms with Crippen molar-refractivity contribution < 1.29 is 0 Å². The molecular weight excluding hydrogens is 256 g/mol. The fraction of sp³-hybridized carbons (Fsp3) is 0.533. The molecule has 1 aromatic carbocycles. The first-order valence-electron chi connectivity index (χ1n) is 6.90. The highest BCUT2D eigenvalue weighted by Gasteiger charge is 2.09. The van der Waals surface area contributed by atoms with Crippen LogP contribution in [0.15, 0.2) is 16.9 Å². The van der Waals surface area contributed by atoms with Crippen molar-refractivity contribution in [3.63, 3.8) is 0 Å². The zero-order valence-corrected chi connectivity index (χ0v) is 13.0. The van der Waals surface area contributed by atoms with Crippen LogP contribution in [-0.4, -0.2) is 28.5 Å². The third kappa shape index (κ3) is 2.90. The molecule has 2 aromatic rings. The van der Waals surface area contributed by atoms with Gasteiger partial charge < -0.3 is 4.90 Å². The van der Waals surface area contributed by atoms with Gasteiger partial charge in [0.1, 0.15) is 0 Å². The zero-order chi connectivity index (χ0) is 14.0. The van der Waals surface area contributed by atoms with Crippen LogP contribution in [0.1, 0.15) is 25.0 Å². The Morgan fingerprint density at radius 3 is 2.42 bits per heavy atom. The molecule has 0 aliphatic carbocycles. The molecule has 104 valence electrons. The van der Waals surface area contributed by atoms with E-state index in [1.807, 2.05) is 10.0 Å². The summed E-state index contributed by atoms with van der Waals surface area (Å²) in [6.07, 6.45) is 0. The number of rotatable bonds is 5. The topological polar surface area (TPSA) is 25.2 Å². The van der Waals surface area contributed by atoms with Crippen molar-refractivity contribution in [2.75, 3.05) is 19.6 Å². The summed E-state index contributed by atoms with van der Waals surface area (Å²) >= 11 is 1.59. The highest BCUT2D eigenvalue weighted by molar-refractivity contribution is 7.13. The largest absolute Gasteiger partial charge is 0.302 e. The highest BCUT2D eigenvalue weighted by Crippen LogP contribution is 2.21. The second-order valence-corrected chi connectivity index (χ2v) is 6.02. The Morgan fingerprint density at radius 1 is 1.16 bits per heavy atom. The number of aryl methyl sites for hydroxylation is 2. The van der Waals surface area contributed by atoms with Gasteiger partial charge in [0, 0.05) is 13.1 Å². The summed E-state index contributed by atoms with van der Waals surface area (Å²) in [5, 5.41) is 0.868. The molecule has 0 amide bonds. The van der Waals surface area contributed by atoms with Gasteiger partial charge in [0.15, 0.2) is 0 Å². The number of hydrogen-bond acceptors (Lipinski definition) is 3. The maximum atomic E-state index is 12.3. The van der Waals surface area contributed by atoms with Gasteiger partial charge in [0.25, 0.3) is 5.56 Å². The molecule has 0 saturated heterocycles. The molecule has 0 N–H and O–H groups in total. The van der Waals surface area contributed by atoms with E-state index in [0.29, 0.717) is 0 Å². The first kappa shape index (κ1) is 14.3. The highest BCUT2D eigenvalue weighted by atomic mass is 32.1. The van der Waals surface area contributed by atoms with E-state index in [4.69, 9.17) is 0 Å². The van der Waals surface area contributed by atoms with Crippen molar-refractivity contribution in [3.05, 3.63) is 33.6 Å². The van der Waals surface area contributed by atoms with Crippen LogP contribution in [0.3, 0.4) is 0 Å². The van der Waals surface area contributed by atoms with E-state index < -0.39 is 0 Å². The van der Waals surface area contributed by atoms with Crippen LogP contribution >= 0.6 is 11.5 Å². The summed E-state index contributed by atoms with van der Waals surface area (Å²) in [6, 6.07) is 4.15. The molecule has 0 aliphatic rings. The second-order valence-electron chi connectivity index (χ2n) is 4.96. The number of likely N-dealkylation sites (N-methyl/N-ethyl adjacent to an activating group) is 1. The van der Waals surface area contributed by atoms with Crippen LogP contribution < -0.4 is 5.56 Å². The third-order valence-electron chi connectivity index (χ3n) is 3.78. The SMILES string of the molecule is CCN(CC)CCn1sc2cc(C)c(C)cc2c1=O. The first-order chi connectivity index (χ1) is 9.06. The van der Waals surface area contributed by atoms with Crippen molar-refractivity contribution in [1.29, 1.82) is 0 Å². The molecule has 0 bridgehead atoms. The number of aromatic nitrogens is 1. The number of benzene rings is 1. The average molecular weight is 278 g/mol. The van der Waals surface area contributed by atoms with Gasteiger partial charge in [-0.25, -0.2) is 0 Å². The Kier molecular flexibility index (Phi) is 4.42. The Morgan fingerprint density at radius 2 is 1.79 bits per heavy atom. The Balaban J connectivity index is 2.30. The molecule has 0 unspecified atom stereocenters. The fourth-order valence-electron chi connectivity index (χ4n) is 2.25. The van der Waals surface area contributed by atoms with Crippen molar-refractivity contribution in [1.82, 2.24) is 8.86 Å². The lowest BCUT2D eigenvalue weighted by atomic mass is 10.1. The fourth-order valence-corrected chi connectivity index (χ4v) is 3.31. The predicted molar refractivity (Wildman–Crippen MR) is 83.3 cm³/mol. The summed E-state index contributed by atoms with van der Waals surface area (Å²) in [7, 11) is 0. The van der Waals surface area contributed by atoms with Crippen LogP contribution in [0.4, 0.5) is 0 Å². The van der Waals surface area contributed by atoms with Gasteiger partial charge in [-0.3, -0.25) is 8.75 Å². The van der Waals surface area contributed by atoms with Crippen molar-refractivity contribution in [2.24, 2.45) is 0 Å². The molecule has 19 heavy (non-hydrogen) atoms. The Hall–Kier alpha value is -1.13. The van der Waals surface area contributed by atoms with E-state index in [9.17, 15) is 4.79 Å². The maximum absolute atomic E-state index is 12.3. The summed E-state index contributed by atoms with van der Waals surface area (Å²) in [5.74, 6) is 0. The number of fused-ring (bicyclic) bond motifs is 1. The third-order valence-corrected chi connectivity index (χ3v) is 4.88. The Bertz CT molecular complexity index is 623. The van der Waals surface area contributed by atoms with Crippen LogP contribution in [-0.2, 0) is 6.54 Å². The number of nitrogens with zero attached hydrogens (tertiary/aromatic N) is 2. The van der Waals surface area contributed by atoms with Gasteiger partial charge in [0.2, 0.25) is 0 Å². The van der Waals surface area contributed by atoms with Crippen LogP contribution in [0.25, 0.3) is 10.1 Å². The minimum absolute atomic E-state index is 0.162. The lowest BCUT2D eigenvalue weighted by Gasteiger charge is -2.17. The summed E-state index contributed by atoms with van der Waals surface area (Å²) < 4.78 is 3.00. The molecule has 0 aliphatic heterocycles. The molecule has 0 atom stereocenters. The first-order valence-corrected chi connectivity index (χ1v) is 7.67. The smallest absolute Gasteiger partial charge is 0.268 e. The van der Waals surface area contributed by atoms with Crippen LogP contribution in [0.2, 0.25) is 0 Å². The zero-order valence-electron chi connectivity index (χ0n) is 12.2. The van der Waals surface area contributed by atoms with Gasteiger partial charge in [-0.1, -0.05) is 25.4 Å². The minimum atomic E-state index is 0.162. The lowest BCUT2D eigenvalue weighted by molar-refractivity contribution is 0.293. The van der Waals surface area contributed by atoms with Crippen molar-refractivity contribution in [2.45, 2.75) is 34.2 Å². The average Bonchev–Trinajstić information content (AvgIpc) is 2.69. The molecule has 0 fully saturated rings. The molecule has 4 heteroatoms. The second kappa shape index (κ2) is 5.88. The van der Waals surface area contributed by atoms with Crippen LogP contribution in [0, 0.1) is 13.8 Å². The molecule has 1 aromatic heterocycles. The molecule has 0 saturated carbocycles. The molecular formula is C15H22N2OS. The van der Waals surface area contributed by atoms with Gasteiger partial charge in [-0.2, -0.15) is 0 Å². The van der Waals surface area contributed by atoms with Crippen molar-refractivity contribution in [3.8, 4) is 0 Å². The Labute approximate surface area is 118 Å². The molecule has 3 nitrogen and oxygen atoms in total. The molecule has 2 rings (SSSR count). The summed E-state index contributed by atoms with van der Waals surface area (Å²) in [5.41, 5.74) is 2.61. The van der Waals surface area contributed by atoms with Crippen molar-refractivity contribution >= 4 is 21.6 Å². The van der Waals surface area contributed by atoms with Gasteiger partial charge in [0.05, 0.1) is 10.1 Å². The van der Waals surface area contributed by atoms with Crippen LogP contribution in [0.5, 0.6) is 0 Å². The number of hydrogen-bond donors (Lipinski definition) is 0. The van der Waals surface area contributed by atoms with Gasteiger partial charge >= 0.3 is 0 Å². The molecule has 0 radical (unpaired) electrons. The lowest BCUT2D eigenvalue weighted by Crippen LogP contribution is -2.28. The predicted octanol–water partition coefficient (Wildman–Crippen LogP) is 3.02. The van der Waals surface area contributed by atoms with E-state index in [2.05, 4.69) is 38.7 Å². The quantitative estimate of drug-likeness (QED) is 0.840.